The number of carbonyl (C=O) groups is 2. The van der Waals surface area contributed by atoms with Crippen LogP contribution in [0.2, 0.25) is 0 Å². The molecule has 0 atom stereocenters. The van der Waals surface area contributed by atoms with E-state index in [4.69, 9.17) is 4.42 Å². The molecule has 0 bridgehead atoms. The Bertz CT molecular complexity index is 950. The minimum Gasteiger partial charge on any atom is -0.472 e. The maximum Gasteiger partial charge on any atom is 0.257 e. The van der Waals surface area contributed by atoms with Gasteiger partial charge in [-0.2, -0.15) is 0 Å². The molecule has 0 aliphatic carbocycles. The van der Waals surface area contributed by atoms with E-state index in [1.165, 1.54) is 23.9 Å². The highest BCUT2D eigenvalue weighted by Gasteiger charge is 2.24. The normalized spacial score (nSPS) is 14.7. The van der Waals surface area contributed by atoms with Crippen molar-refractivity contribution >= 4 is 28.3 Å². The number of aromatic nitrogens is 2. The van der Waals surface area contributed by atoms with Crippen molar-refractivity contribution in [2.24, 2.45) is 0 Å². The molecular weight excluding hydrogens is 390 g/mol. The summed E-state index contributed by atoms with van der Waals surface area (Å²) in [5.41, 5.74) is 1.71. The molecule has 0 saturated carbocycles. The number of benzene rings is 1. The predicted octanol–water partition coefficient (Wildman–Crippen LogP) is 2.12. The maximum absolute atomic E-state index is 12.3. The number of hydrogen-bond donors (Lipinski definition) is 1. The van der Waals surface area contributed by atoms with Gasteiger partial charge < -0.3 is 9.32 Å². The summed E-state index contributed by atoms with van der Waals surface area (Å²) in [6.45, 7) is 2.72. The molecule has 8 nitrogen and oxygen atoms in total. The lowest BCUT2D eigenvalue weighted by atomic mass is 10.2. The summed E-state index contributed by atoms with van der Waals surface area (Å²) in [7, 11) is 0. The number of piperazine rings is 1. The van der Waals surface area contributed by atoms with Crippen LogP contribution in [0.1, 0.15) is 20.9 Å². The molecule has 2 amide bonds. The van der Waals surface area contributed by atoms with Crippen molar-refractivity contribution in [1.82, 2.24) is 20.0 Å². The van der Waals surface area contributed by atoms with Crippen molar-refractivity contribution in [3.8, 4) is 0 Å². The summed E-state index contributed by atoms with van der Waals surface area (Å²) in [5, 5.41) is 12.4. The van der Waals surface area contributed by atoms with E-state index in [0.29, 0.717) is 43.3 Å². The van der Waals surface area contributed by atoms with Crippen LogP contribution in [0.3, 0.4) is 0 Å². The first-order valence-corrected chi connectivity index (χ1v) is 10.2. The number of furan rings is 1. The number of carbonyl (C=O) groups excluding carboxylic acids is 2. The third-order valence-electron chi connectivity index (χ3n) is 4.71. The van der Waals surface area contributed by atoms with Crippen LogP contribution in [0.25, 0.3) is 0 Å². The Balaban J connectivity index is 1.23. The minimum atomic E-state index is -0.123. The van der Waals surface area contributed by atoms with Gasteiger partial charge in [0.1, 0.15) is 11.3 Å². The molecule has 150 valence electrons. The largest absolute Gasteiger partial charge is 0.472 e. The van der Waals surface area contributed by atoms with Crippen LogP contribution in [0.15, 0.2) is 53.3 Å². The minimum absolute atomic E-state index is 0.0392. The first-order valence-electron chi connectivity index (χ1n) is 9.37. The van der Waals surface area contributed by atoms with Crippen LogP contribution in [0, 0.1) is 0 Å². The highest BCUT2D eigenvalue weighted by molar-refractivity contribution is 7.15. The van der Waals surface area contributed by atoms with Gasteiger partial charge in [-0.25, -0.2) is 0 Å². The van der Waals surface area contributed by atoms with Crippen LogP contribution < -0.4 is 5.32 Å². The topological polar surface area (TPSA) is 91.6 Å². The van der Waals surface area contributed by atoms with Gasteiger partial charge in [0.25, 0.3) is 5.91 Å². The summed E-state index contributed by atoms with van der Waals surface area (Å²) in [4.78, 5) is 28.5. The summed E-state index contributed by atoms with van der Waals surface area (Å²) < 4.78 is 4.97. The fourth-order valence-electron chi connectivity index (χ4n) is 3.19. The lowest BCUT2D eigenvalue weighted by Crippen LogP contribution is -2.50. The van der Waals surface area contributed by atoms with Crippen molar-refractivity contribution in [3.05, 3.63) is 65.1 Å². The smallest absolute Gasteiger partial charge is 0.257 e. The number of anilines is 1. The third kappa shape index (κ3) is 5.07. The Morgan fingerprint density at radius 2 is 1.86 bits per heavy atom. The van der Waals surface area contributed by atoms with Crippen molar-refractivity contribution in [2.75, 3.05) is 38.0 Å². The van der Waals surface area contributed by atoms with Gasteiger partial charge in [-0.15, -0.1) is 10.2 Å². The summed E-state index contributed by atoms with van der Waals surface area (Å²) in [5.74, 6) is -0.162. The lowest BCUT2D eigenvalue weighted by Gasteiger charge is -2.34. The molecule has 1 aliphatic rings. The Labute approximate surface area is 172 Å². The Hall–Kier alpha value is -3.04. The zero-order valence-corrected chi connectivity index (χ0v) is 16.6. The van der Waals surface area contributed by atoms with Gasteiger partial charge >= 0.3 is 0 Å². The van der Waals surface area contributed by atoms with Crippen molar-refractivity contribution in [2.45, 2.75) is 6.42 Å². The molecule has 29 heavy (non-hydrogen) atoms. The first kappa shape index (κ1) is 19.3. The summed E-state index contributed by atoms with van der Waals surface area (Å²) in [6, 6.07) is 11.7. The Kier molecular flexibility index (Phi) is 5.97. The number of nitrogens with zero attached hydrogens (tertiary/aromatic N) is 4. The lowest BCUT2D eigenvalue weighted by molar-refractivity contribution is -0.117. The average Bonchev–Trinajstić information content (AvgIpc) is 3.41. The van der Waals surface area contributed by atoms with Crippen LogP contribution in [-0.4, -0.2) is 64.5 Å². The van der Waals surface area contributed by atoms with E-state index in [1.54, 1.807) is 11.0 Å². The second-order valence-corrected chi connectivity index (χ2v) is 7.85. The molecule has 0 radical (unpaired) electrons. The van der Waals surface area contributed by atoms with Gasteiger partial charge in [0, 0.05) is 32.6 Å². The monoisotopic (exact) mass is 411 g/mol. The zero-order valence-electron chi connectivity index (χ0n) is 15.8. The highest BCUT2D eigenvalue weighted by atomic mass is 32.1. The SMILES string of the molecule is O=C(CN1CCN(C(=O)c2ccoc2)CC1)Nc1nnc(Cc2ccccc2)s1. The number of rotatable bonds is 6. The van der Waals surface area contributed by atoms with Crippen molar-refractivity contribution in [3.63, 3.8) is 0 Å². The van der Waals surface area contributed by atoms with Gasteiger partial charge in [-0.1, -0.05) is 41.7 Å². The quantitative estimate of drug-likeness (QED) is 0.668. The molecule has 1 fully saturated rings. The molecule has 4 rings (SSSR count). The standard InChI is InChI=1S/C20H21N5O3S/c26-17(21-20-23-22-18(29-20)12-15-4-2-1-3-5-15)13-24-7-9-25(10-8-24)19(27)16-6-11-28-14-16/h1-6,11,14H,7-10,12-13H2,(H,21,23,26). The molecule has 3 heterocycles. The van der Waals surface area contributed by atoms with E-state index >= 15 is 0 Å². The summed E-state index contributed by atoms with van der Waals surface area (Å²) in [6.07, 6.45) is 3.64. The van der Waals surface area contributed by atoms with E-state index in [1.807, 2.05) is 35.2 Å². The first-order chi connectivity index (χ1) is 14.2. The molecule has 1 aliphatic heterocycles. The second kappa shape index (κ2) is 8.97. The average molecular weight is 411 g/mol. The predicted molar refractivity (Wildman–Crippen MR) is 109 cm³/mol. The van der Waals surface area contributed by atoms with E-state index in [2.05, 4.69) is 15.5 Å². The zero-order chi connectivity index (χ0) is 20.1. The van der Waals surface area contributed by atoms with Gasteiger partial charge in [-0.05, 0) is 11.6 Å². The van der Waals surface area contributed by atoms with Crippen molar-refractivity contribution in [1.29, 1.82) is 0 Å². The Morgan fingerprint density at radius 3 is 2.59 bits per heavy atom. The van der Waals surface area contributed by atoms with Crippen LogP contribution in [0.4, 0.5) is 5.13 Å². The Morgan fingerprint density at radius 1 is 1.07 bits per heavy atom. The van der Waals surface area contributed by atoms with Crippen LogP contribution in [-0.2, 0) is 11.2 Å². The number of amides is 2. The maximum atomic E-state index is 12.3. The molecule has 1 N–H and O–H groups in total. The van der Waals surface area contributed by atoms with Crippen LogP contribution >= 0.6 is 11.3 Å². The van der Waals surface area contributed by atoms with Gasteiger partial charge in [-0.3, -0.25) is 19.8 Å². The molecule has 3 aromatic rings. The fourth-order valence-corrected chi connectivity index (χ4v) is 3.98. The molecule has 9 heteroatoms. The second-order valence-electron chi connectivity index (χ2n) is 6.79. The molecule has 0 spiro atoms. The van der Waals surface area contributed by atoms with E-state index in [-0.39, 0.29) is 18.4 Å². The highest BCUT2D eigenvalue weighted by Crippen LogP contribution is 2.18. The number of nitrogens with one attached hydrogen (secondary N) is 1. The molecular formula is C20H21N5O3S. The van der Waals surface area contributed by atoms with Crippen molar-refractivity contribution < 1.29 is 14.0 Å². The molecule has 1 aromatic carbocycles. The van der Waals surface area contributed by atoms with E-state index in [0.717, 1.165) is 10.6 Å². The number of hydrogen-bond acceptors (Lipinski definition) is 7. The summed E-state index contributed by atoms with van der Waals surface area (Å²) >= 11 is 1.39. The van der Waals surface area contributed by atoms with Gasteiger partial charge in [0.15, 0.2) is 0 Å². The van der Waals surface area contributed by atoms with Gasteiger partial charge in [0.2, 0.25) is 11.0 Å². The fraction of sp³-hybridized carbons (Fsp3) is 0.300. The van der Waals surface area contributed by atoms with E-state index in [9.17, 15) is 9.59 Å². The molecule has 0 unspecified atom stereocenters. The third-order valence-corrected chi connectivity index (χ3v) is 5.54. The van der Waals surface area contributed by atoms with Gasteiger partial charge in [0.05, 0.1) is 18.4 Å². The molecule has 2 aromatic heterocycles. The van der Waals surface area contributed by atoms with Crippen LogP contribution in [0.5, 0.6) is 0 Å². The molecule has 1 saturated heterocycles. The van der Waals surface area contributed by atoms with E-state index < -0.39 is 0 Å².